The molecule has 0 unspecified atom stereocenters. The minimum absolute atomic E-state index is 0.0740. The maximum absolute atomic E-state index is 11.9. The SMILES string of the molecule is Cc1csc(-c2cnc3ccn(CC(=O)N(C)C)c3c2)c1. The van der Waals surface area contributed by atoms with Gasteiger partial charge in [-0.3, -0.25) is 9.78 Å². The third-order valence-electron chi connectivity index (χ3n) is 3.44. The van der Waals surface area contributed by atoms with Crippen LogP contribution < -0.4 is 0 Å². The Labute approximate surface area is 127 Å². The zero-order valence-corrected chi connectivity index (χ0v) is 13.1. The van der Waals surface area contributed by atoms with E-state index >= 15 is 0 Å². The Morgan fingerprint density at radius 1 is 1.38 bits per heavy atom. The summed E-state index contributed by atoms with van der Waals surface area (Å²) in [6.07, 6.45) is 3.81. The van der Waals surface area contributed by atoms with Crippen LogP contribution >= 0.6 is 11.3 Å². The second-order valence-corrected chi connectivity index (χ2v) is 6.26. The van der Waals surface area contributed by atoms with E-state index in [-0.39, 0.29) is 5.91 Å². The summed E-state index contributed by atoms with van der Waals surface area (Å²) in [6.45, 7) is 2.43. The van der Waals surface area contributed by atoms with Crippen molar-refractivity contribution in [1.29, 1.82) is 0 Å². The van der Waals surface area contributed by atoms with Gasteiger partial charge in [0, 0.05) is 36.9 Å². The molecule has 0 saturated heterocycles. The normalized spacial score (nSPS) is 11.0. The van der Waals surface area contributed by atoms with Crippen LogP contribution in [-0.4, -0.2) is 34.5 Å². The van der Waals surface area contributed by atoms with Gasteiger partial charge in [0.05, 0.1) is 11.0 Å². The van der Waals surface area contributed by atoms with E-state index in [9.17, 15) is 4.79 Å². The molecule has 0 atom stereocenters. The highest BCUT2D eigenvalue weighted by atomic mass is 32.1. The van der Waals surface area contributed by atoms with Crippen molar-refractivity contribution in [2.24, 2.45) is 0 Å². The van der Waals surface area contributed by atoms with E-state index in [1.807, 2.05) is 23.0 Å². The molecule has 0 saturated carbocycles. The van der Waals surface area contributed by atoms with Gasteiger partial charge in [0.25, 0.3) is 0 Å². The number of aryl methyl sites for hydroxylation is 1. The third-order valence-corrected chi connectivity index (χ3v) is 4.54. The average molecular weight is 299 g/mol. The number of carbonyl (C=O) groups is 1. The lowest BCUT2D eigenvalue weighted by Crippen LogP contribution is -2.25. The Hall–Kier alpha value is -2.14. The molecule has 0 spiro atoms. The fourth-order valence-electron chi connectivity index (χ4n) is 2.21. The third kappa shape index (κ3) is 2.69. The molecular formula is C16H17N3OS. The molecule has 1 amide bonds. The maximum atomic E-state index is 11.9. The minimum Gasteiger partial charge on any atom is -0.347 e. The van der Waals surface area contributed by atoms with Crippen molar-refractivity contribution >= 4 is 28.3 Å². The highest BCUT2D eigenvalue weighted by Crippen LogP contribution is 2.28. The summed E-state index contributed by atoms with van der Waals surface area (Å²) in [7, 11) is 3.54. The van der Waals surface area contributed by atoms with E-state index in [4.69, 9.17) is 0 Å². The van der Waals surface area contributed by atoms with E-state index in [1.54, 1.807) is 30.3 Å². The van der Waals surface area contributed by atoms with Crippen LogP contribution in [-0.2, 0) is 11.3 Å². The number of likely N-dealkylation sites (N-methyl/N-ethyl adjacent to an activating group) is 1. The van der Waals surface area contributed by atoms with Crippen LogP contribution in [0.4, 0.5) is 0 Å². The van der Waals surface area contributed by atoms with Crippen LogP contribution in [0.5, 0.6) is 0 Å². The van der Waals surface area contributed by atoms with Gasteiger partial charge in [0.15, 0.2) is 0 Å². The van der Waals surface area contributed by atoms with Crippen molar-refractivity contribution in [2.45, 2.75) is 13.5 Å². The summed E-state index contributed by atoms with van der Waals surface area (Å²) in [5.74, 6) is 0.0740. The van der Waals surface area contributed by atoms with E-state index < -0.39 is 0 Å². The van der Waals surface area contributed by atoms with Crippen LogP contribution in [0.2, 0.25) is 0 Å². The lowest BCUT2D eigenvalue weighted by molar-refractivity contribution is -0.129. The lowest BCUT2D eigenvalue weighted by Gasteiger charge is -2.11. The molecule has 3 heterocycles. The van der Waals surface area contributed by atoms with E-state index in [2.05, 4.69) is 29.4 Å². The molecule has 0 bridgehead atoms. The molecule has 0 aliphatic rings. The van der Waals surface area contributed by atoms with Crippen LogP contribution in [0.25, 0.3) is 21.5 Å². The number of aromatic nitrogens is 2. The van der Waals surface area contributed by atoms with Gasteiger partial charge in [-0.1, -0.05) is 0 Å². The molecule has 5 heteroatoms. The number of nitrogens with zero attached hydrogens (tertiary/aromatic N) is 3. The first-order valence-corrected chi connectivity index (χ1v) is 7.63. The second kappa shape index (κ2) is 5.33. The van der Waals surface area contributed by atoms with Crippen LogP contribution in [0, 0.1) is 6.92 Å². The number of hydrogen-bond acceptors (Lipinski definition) is 3. The lowest BCUT2D eigenvalue weighted by atomic mass is 10.2. The zero-order valence-electron chi connectivity index (χ0n) is 12.3. The second-order valence-electron chi connectivity index (χ2n) is 5.35. The number of fused-ring (bicyclic) bond motifs is 1. The molecule has 108 valence electrons. The minimum atomic E-state index is 0.0740. The van der Waals surface area contributed by atoms with Crippen molar-refractivity contribution in [3.05, 3.63) is 41.5 Å². The Kier molecular flexibility index (Phi) is 3.51. The smallest absolute Gasteiger partial charge is 0.241 e. The van der Waals surface area contributed by atoms with Crippen molar-refractivity contribution in [3.63, 3.8) is 0 Å². The van der Waals surface area contributed by atoms with E-state index in [0.717, 1.165) is 16.6 Å². The highest BCUT2D eigenvalue weighted by Gasteiger charge is 2.10. The number of hydrogen-bond donors (Lipinski definition) is 0. The zero-order chi connectivity index (χ0) is 15.0. The summed E-state index contributed by atoms with van der Waals surface area (Å²) >= 11 is 1.71. The molecule has 0 aliphatic carbocycles. The van der Waals surface area contributed by atoms with E-state index in [1.165, 1.54) is 10.4 Å². The predicted octanol–water partition coefficient (Wildman–Crippen LogP) is 3.16. The van der Waals surface area contributed by atoms with Crippen molar-refractivity contribution < 1.29 is 4.79 Å². The first-order valence-electron chi connectivity index (χ1n) is 6.75. The highest BCUT2D eigenvalue weighted by molar-refractivity contribution is 7.13. The summed E-state index contributed by atoms with van der Waals surface area (Å²) in [6, 6.07) is 6.21. The van der Waals surface area contributed by atoms with Crippen LogP contribution in [0.15, 0.2) is 36.0 Å². The van der Waals surface area contributed by atoms with Gasteiger partial charge < -0.3 is 9.47 Å². The molecule has 3 aromatic heterocycles. The molecule has 4 nitrogen and oxygen atoms in total. The molecule has 3 aromatic rings. The summed E-state index contributed by atoms with van der Waals surface area (Å²) in [5.41, 5.74) is 4.26. The number of amides is 1. The number of thiophene rings is 1. The van der Waals surface area contributed by atoms with Gasteiger partial charge in [-0.2, -0.15) is 0 Å². The Bertz CT molecular complexity index is 801. The number of carbonyl (C=O) groups excluding carboxylic acids is 1. The summed E-state index contributed by atoms with van der Waals surface area (Å²) in [4.78, 5) is 19.2. The summed E-state index contributed by atoms with van der Waals surface area (Å²) in [5, 5.41) is 2.13. The molecule has 0 radical (unpaired) electrons. The molecule has 3 rings (SSSR count). The monoisotopic (exact) mass is 299 g/mol. The molecule has 0 aromatic carbocycles. The molecule has 0 aliphatic heterocycles. The largest absolute Gasteiger partial charge is 0.347 e. The van der Waals surface area contributed by atoms with Gasteiger partial charge in [-0.25, -0.2) is 0 Å². The van der Waals surface area contributed by atoms with Gasteiger partial charge >= 0.3 is 0 Å². The first-order chi connectivity index (χ1) is 10.0. The van der Waals surface area contributed by atoms with Crippen molar-refractivity contribution in [1.82, 2.24) is 14.5 Å². The number of pyridine rings is 1. The predicted molar refractivity (Wildman–Crippen MR) is 86.5 cm³/mol. The van der Waals surface area contributed by atoms with Gasteiger partial charge in [0.1, 0.15) is 6.54 Å². The quantitative estimate of drug-likeness (QED) is 0.745. The van der Waals surface area contributed by atoms with Crippen LogP contribution in [0.1, 0.15) is 5.56 Å². The standard InChI is InChI=1S/C16H17N3OS/c1-11-6-15(21-10-11)12-7-14-13(17-8-12)4-5-19(14)9-16(20)18(2)3/h4-8,10H,9H2,1-3H3. The van der Waals surface area contributed by atoms with Crippen molar-refractivity contribution in [3.8, 4) is 10.4 Å². The topological polar surface area (TPSA) is 38.1 Å². The summed E-state index contributed by atoms with van der Waals surface area (Å²) < 4.78 is 1.95. The molecule has 0 fully saturated rings. The Morgan fingerprint density at radius 2 is 2.19 bits per heavy atom. The molecule has 0 N–H and O–H groups in total. The number of rotatable bonds is 3. The Morgan fingerprint density at radius 3 is 2.86 bits per heavy atom. The molecular weight excluding hydrogens is 282 g/mol. The van der Waals surface area contributed by atoms with Gasteiger partial charge in [-0.15, -0.1) is 11.3 Å². The fraction of sp³-hybridized carbons (Fsp3) is 0.250. The van der Waals surface area contributed by atoms with Crippen LogP contribution in [0.3, 0.4) is 0 Å². The fourth-order valence-corrected chi connectivity index (χ4v) is 3.09. The van der Waals surface area contributed by atoms with E-state index in [0.29, 0.717) is 6.54 Å². The van der Waals surface area contributed by atoms with Gasteiger partial charge in [-0.05, 0) is 36.1 Å². The van der Waals surface area contributed by atoms with Crippen molar-refractivity contribution in [2.75, 3.05) is 14.1 Å². The molecule has 21 heavy (non-hydrogen) atoms. The Balaban J connectivity index is 2.01. The maximum Gasteiger partial charge on any atom is 0.241 e. The first kappa shape index (κ1) is 13.8. The van der Waals surface area contributed by atoms with Gasteiger partial charge in [0.2, 0.25) is 5.91 Å². The average Bonchev–Trinajstić information content (AvgIpc) is 3.05.